The normalized spacial score (nSPS) is 11.7. The van der Waals surface area contributed by atoms with E-state index < -0.39 is 20.9 Å². The zero-order valence-electron chi connectivity index (χ0n) is 16.6. The van der Waals surface area contributed by atoms with Crippen LogP contribution in [-0.2, 0) is 10.0 Å². The molecule has 0 saturated heterocycles. The number of benzene rings is 3. The molecule has 0 aliphatic carbocycles. The van der Waals surface area contributed by atoms with Gasteiger partial charge in [0.15, 0.2) is 5.58 Å². The Hall–Kier alpha value is -3.34. The summed E-state index contributed by atoms with van der Waals surface area (Å²) < 4.78 is 34.9. The first-order valence-electron chi connectivity index (χ1n) is 9.57. The summed E-state index contributed by atoms with van der Waals surface area (Å²) in [5.74, 6) is -0.749. The number of anilines is 1. The Kier molecular flexibility index (Phi) is 5.35. The van der Waals surface area contributed by atoms with Gasteiger partial charge in [0.2, 0.25) is 0 Å². The summed E-state index contributed by atoms with van der Waals surface area (Å²) in [6.07, 6.45) is 2.83. The predicted octanol–water partition coefficient (Wildman–Crippen LogP) is 5.20. The van der Waals surface area contributed by atoms with Crippen LogP contribution in [0.1, 0.15) is 10.4 Å². The number of halogens is 1. The first-order valence-corrected chi connectivity index (χ1v) is 12.6. The van der Waals surface area contributed by atoms with E-state index in [2.05, 4.69) is 20.9 Å². The maximum Gasteiger partial charge on any atom is 0.396 e. The van der Waals surface area contributed by atoms with Crippen LogP contribution in [0.4, 0.5) is 5.69 Å². The second-order valence-electron chi connectivity index (χ2n) is 6.99. The van der Waals surface area contributed by atoms with Crippen molar-refractivity contribution in [2.24, 2.45) is 0 Å². The quantitative estimate of drug-likeness (QED) is 0.310. The lowest BCUT2D eigenvalue weighted by Crippen LogP contribution is -2.37. The SMILES string of the molecule is O=C(c1ccncc1)N(c1cc2sc(=O)oc2c2ccccc12)S(=O)(=O)c1ccc(Br)cc1. The van der Waals surface area contributed by atoms with E-state index in [-0.39, 0.29) is 16.1 Å². The Labute approximate surface area is 200 Å². The van der Waals surface area contributed by atoms with E-state index in [0.29, 0.717) is 25.5 Å². The number of aromatic nitrogens is 1. The van der Waals surface area contributed by atoms with Gasteiger partial charge in [-0.1, -0.05) is 51.5 Å². The molecule has 2 heterocycles. The molecular weight excluding hydrogens is 528 g/mol. The van der Waals surface area contributed by atoms with Crippen molar-refractivity contribution >= 4 is 69.9 Å². The molecular formula is C23H13BrN2O5S2. The number of pyridine rings is 1. The molecule has 0 aliphatic heterocycles. The molecule has 0 radical (unpaired) electrons. The third-order valence-electron chi connectivity index (χ3n) is 5.00. The molecule has 5 aromatic rings. The van der Waals surface area contributed by atoms with E-state index in [4.69, 9.17) is 4.42 Å². The highest BCUT2D eigenvalue weighted by molar-refractivity contribution is 9.10. The van der Waals surface area contributed by atoms with Crippen LogP contribution < -0.4 is 9.24 Å². The molecule has 0 bridgehead atoms. The zero-order valence-corrected chi connectivity index (χ0v) is 19.9. The van der Waals surface area contributed by atoms with E-state index in [1.165, 1.54) is 42.7 Å². The van der Waals surface area contributed by atoms with E-state index in [0.717, 1.165) is 15.6 Å². The van der Waals surface area contributed by atoms with Crippen molar-refractivity contribution in [2.45, 2.75) is 4.90 Å². The lowest BCUT2D eigenvalue weighted by atomic mass is 10.1. The second kappa shape index (κ2) is 8.22. The Morgan fingerprint density at radius 3 is 2.33 bits per heavy atom. The lowest BCUT2D eigenvalue weighted by molar-refractivity contribution is 0.101. The smallest absolute Gasteiger partial charge is 0.396 e. The van der Waals surface area contributed by atoms with Crippen molar-refractivity contribution in [1.29, 1.82) is 0 Å². The molecule has 0 fully saturated rings. The molecule has 0 atom stereocenters. The van der Waals surface area contributed by atoms with Gasteiger partial charge in [0, 0.05) is 33.2 Å². The monoisotopic (exact) mass is 540 g/mol. The van der Waals surface area contributed by atoms with E-state index in [1.807, 2.05) is 0 Å². The minimum Gasteiger partial charge on any atom is -0.413 e. The average molecular weight is 541 g/mol. The van der Waals surface area contributed by atoms with Crippen LogP contribution in [0.5, 0.6) is 0 Å². The predicted molar refractivity (Wildman–Crippen MR) is 130 cm³/mol. The Bertz CT molecular complexity index is 1680. The summed E-state index contributed by atoms with van der Waals surface area (Å²) in [6.45, 7) is 0. The standard InChI is InChI=1S/C23H13BrN2O5S2/c24-15-5-7-16(8-6-15)33(29,30)26(22(27)14-9-11-25-12-10-14)19-13-20-21(31-23(28)32-20)18-4-2-1-3-17(18)19/h1-13H. The van der Waals surface area contributed by atoms with Crippen molar-refractivity contribution in [3.8, 4) is 0 Å². The number of nitrogens with zero attached hydrogens (tertiary/aromatic N) is 2. The third-order valence-corrected chi connectivity index (χ3v) is 8.01. The van der Waals surface area contributed by atoms with Crippen LogP contribution in [0.15, 0.2) is 97.7 Å². The molecule has 3 aromatic carbocycles. The van der Waals surface area contributed by atoms with Gasteiger partial charge in [-0.3, -0.25) is 9.78 Å². The molecule has 0 N–H and O–H groups in total. The number of hydrogen-bond acceptors (Lipinski definition) is 7. The van der Waals surface area contributed by atoms with Crippen LogP contribution in [0.2, 0.25) is 0 Å². The van der Waals surface area contributed by atoms with Crippen LogP contribution >= 0.6 is 27.3 Å². The molecule has 0 spiro atoms. The highest BCUT2D eigenvalue weighted by Crippen LogP contribution is 2.38. The number of hydrogen-bond donors (Lipinski definition) is 0. The fourth-order valence-corrected chi connectivity index (χ4v) is 5.93. The summed E-state index contributed by atoms with van der Waals surface area (Å²) >= 11 is 4.14. The molecule has 7 nitrogen and oxygen atoms in total. The highest BCUT2D eigenvalue weighted by Gasteiger charge is 2.34. The van der Waals surface area contributed by atoms with Crippen molar-refractivity contribution in [3.63, 3.8) is 0 Å². The van der Waals surface area contributed by atoms with Crippen LogP contribution in [0, 0.1) is 0 Å². The molecule has 0 saturated carbocycles. The number of amides is 1. The number of carbonyl (C=O) groups excluding carboxylic acids is 1. The fraction of sp³-hybridized carbons (Fsp3) is 0. The maximum atomic E-state index is 13.8. The van der Waals surface area contributed by atoms with Gasteiger partial charge in [0.1, 0.15) is 0 Å². The molecule has 10 heteroatoms. The van der Waals surface area contributed by atoms with Crippen LogP contribution in [0.3, 0.4) is 0 Å². The number of sulfonamides is 1. The molecule has 5 rings (SSSR count). The first kappa shape index (κ1) is 21.5. The Morgan fingerprint density at radius 1 is 0.970 bits per heavy atom. The molecule has 33 heavy (non-hydrogen) atoms. The van der Waals surface area contributed by atoms with Gasteiger partial charge in [0.05, 0.1) is 15.3 Å². The van der Waals surface area contributed by atoms with Gasteiger partial charge in [-0.15, -0.1) is 0 Å². The van der Waals surface area contributed by atoms with Crippen molar-refractivity contribution < 1.29 is 17.6 Å². The van der Waals surface area contributed by atoms with Gasteiger partial charge in [-0.05, 0) is 42.5 Å². The van der Waals surface area contributed by atoms with Crippen molar-refractivity contribution in [3.05, 3.63) is 98.9 Å². The molecule has 1 amide bonds. The first-order chi connectivity index (χ1) is 15.9. The van der Waals surface area contributed by atoms with Crippen molar-refractivity contribution in [2.75, 3.05) is 4.31 Å². The number of rotatable bonds is 4. The topological polar surface area (TPSA) is 97.6 Å². The number of fused-ring (bicyclic) bond motifs is 3. The molecule has 0 aliphatic rings. The van der Waals surface area contributed by atoms with Gasteiger partial charge >= 0.3 is 4.94 Å². The highest BCUT2D eigenvalue weighted by atomic mass is 79.9. The van der Waals surface area contributed by atoms with Crippen LogP contribution in [0.25, 0.3) is 21.1 Å². The molecule has 0 unspecified atom stereocenters. The van der Waals surface area contributed by atoms with Gasteiger partial charge in [0.25, 0.3) is 15.9 Å². The van der Waals surface area contributed by atoms with E-state index in [1.54, 1.807) is 36.4 Å². The van der Waals surface area contributed by atoms with Gasteiger partial charge in [-0.25, -0.2) is 13.2 Å². The summed E-state index contributed by atoms with van der Waals surface area (Å²) in [6, 6.07) is 17.3. The Balaban J connectivity index is 1.85. The molecule has 2 aromatic heterocycles. The summed E-state index contributed by atoms with van der Waals surface area (Å²) in [5.41, 5.74) is 0.622. The average Bonchev–Trinajstić information content (AvgIpc) is 3.20. The largest absolute Gasteiger partial charge is 0.413 e. The maximum absolute atomic E-state index is 13.8. The minimum absolute atomic E-state index is 0.0577. The summed E-state index contributed by atoms with van der Waals surface area (Å²) in [7, 11) is -4.33. The van der Waals surface area contributed by atoms with E-state index in [9.17, 15) is 18.0 Å². The Morgan fingerprint density at radius 2 is 1.64 bits per heavy atom. The fourth-order valence-electron chi connectivity index (χ4n) is 3.52. The van der Waals surface area contributed by atoms with Crippen LogP contribution in [-0.4, -0.2) is 19.3 Å². The second-order valence-corrected chi connectivity index (χ2v) is 10.7. The van der Waals surface area contributed by atoms with Gasteiger partial charge < -0.3 is 4.42 Å². The summed E-state index contributed by atoms with van der Waals surface area (Å²) in [5, 5.41) is 0.983. The lowest BCUT2D eigenvalue weighted by Gasteiger charge is -2.24. The zero-order chi connectivity index (χ0) is 23.2. The van der Waals surface area contributed by atoms with Gasteiger partial charge in [-0.2, -0.15) is 4.31 Å². The summed E-state index contributed by atoms with van der Waals surface area (Å²) in [4.78, 5) is 28.9. The number of carbonyl (C=O) groups is 1. The van der Waals surface area contributed by atoms with Crippen molar-refractivity contribution in [1.82, 2.24) is 4.98 Å². The minimum atomic E-state index is -4.33. The van der Waals surface area contributed by atoms with E-state index >= 15 is 0 Å². The third kappa shape index (κ3) is 3.75. The molecule has 164 valence electrons.